The summed E-state index contributed by atoms with van der Waals surface area (Å²) >= 11 is 0. The van der Waals surface area contributed by atoms with Gasteiger partial charge >= 0.3 is 0 Å². The van der Waals surface area contributed by atoms with E-state index in [4.69, 9.17) is 10.7 Å². The summed E-state index contributed by atoms with van der Waals surface area (Å²) in [4.78, 5) is 9.08. The zero-order valence-corrected chi connectivity index (χ0v) is 10.8. The maximum absolute atomic E-state index is 5.92. The number of aromatic nitrogens is 3. The molecule has 96 valence electrons. The molecule has 2 aromatic heterocycles. The first-order chi connectivity index (χ1) is 8.81. The third-order valence-electron chi connectivity index (χ3n) is 4.24. The fourth-order valence-electron chi connectivity index (χ4n) is 3.20. The summed E-state index contributed by atoms with van der Waals surface area (Å²) in [6.45, 7) is 0.765. The molecule has 4 nitrogen and oxygen atoms in total. The third kappa shape index (κ3) is 1.81. The standard InChI is InChI=1S/C14H20N4/c1-18-12-7-4-8-16-13(12)17-14(18)11-6-3-2-5-10(11)9-15/h4,7-8,10-11H,2-3,5-6,9,15H2,1H3. The molecule has 1 saturated carbocycles. The van der Waals surface area contributed by atoms with Crippen molar-refractivity contribution in [2.75, 3.05) is 6.54 Å². The molecule has 0 aromatic carbocycles. The van der Waals surface area contributed by atoms with E-state index in [1.165, 1.54) is 31.5 Å². The molecule has 2 aromatic rings. The van der Waals surface area contributed by atoms with Crippen molar-refractivity contribution in [2.45, 2.75) is 31.6 Å². The number of imidazole rings is 1. The summed E-state index contributed by atoms with van der Waals surface area (Å²) in [5, 5.41) is 0. The molecule has 2 N–H and O–H groups in total. The molecule has 3 rings (SSSR count). The predicted molar refractivity (Wildman–Crippen MR) is 72.3 cm³/mol. The minimum absolute atomic E-state index is 0.503. The van der Waals surface area contributed by atoms with Crippen LogP contribution in [0.4, 0.5) is 0 Å². The maximum Gasteiger partial charge on any atom is 0.177 e. The summed E-state index contributed by atoms with van der Waals surface area (Å²) in [7, 11) is 2.09. The van der Waals surface area contributed by atoms with Crippen LogP contribution in [0.1, 0.15) is 37.4 Å². The number of nitrogens with zero attached hydrogens (tertiary/aromatic N) is 3. The molecule has 2 heterocycles. The second-order valence-electron chi connectivity index (χ2n) is 5.26. The Morgan fingerprint density at radius 2 is 2.22 bits per heavy atom. The fraction of sp³-hybridized carbons (Fsp3) is 0.571. The first kappa shape index (κ1) is 11.7. The van der Waals surface area contributed by atoms with Crippen molar-refractivity contribution < 1.29 is 0 Å². The number of rotatable bonds is 2. The zero-order chi connectivity index (χ0) is 12.5. The summed E-state index contributed by atoms with van der Waals surface area (Å²) in [5.41, 5.74) is 7.90. The highest BCUT2D eigenvalue weighted by Crippen LogP contribution is 2.37. The van der Waals surface area contributed by atoms with E-state index in [0.29, 0.717) is 11.8 Å². The molecular formula is C14H20N4. The van der Waals surface area contributed by atoms with E-state index in [1.54, 1.807) is 6.20 Å². The smallest absolute Gasteiger partial charge is 0.177 e. The molecular weight excluding hydrogens is 224 g/mol. The Balaban J connectivity index is 2.04. The minimum atomic E-state index is 0.503. The minimum Gasteiger partial charge on any atom is -0.330 e. The van der Waals surface area contributed by atoms with Gasteiger partial charge in [-0.2, -0.15) is 0 Å². The van der Waals surface area contributed by atoms with Gasteiger partial charge in [0.1, 0.15) is 5.82 Å². The van der Waals surface area contributed by atoms with Crippen LogP contribution in [0.15, 0.2) is 18.3 Å². The third-order valence-corrected chi connectivity index (χ3v) is 4.24. The number of hydrogen-bond donors (Lipinski definition) is 1. The normalized spacial score (nSPS) is 24.6. The van der Waals surface area contributed by atoms with Crippen molar-refractivity contribution in [3.8, 4) is 0 Å². The number of nitrogens with two attached hydrogens (primary N) is 1. The predicted octanol–water partition coefficient (Wildman–Crippen LogP) is 2.20. The molecule has 0 amide bonds. The molecule has 2 unspecified atom stereocenters. The van der Waals surface area contributed by atoms with Crippen molar-refractivity contribution >= 4 is 11.2 Å². The molecule has 0 bridgehead atoms. The molecule has 18 heavy (non-hydrogen) atoms. The Hall–Kier alpha value is -1.42. The van der Waals surface area contributed by atoms with Crippen LogP contribution in [-0.4, -0.2) is 21.1 Å². The maximum atomic E-state index is 5.92. The lowest BCUT2D eigenvalue weighted by atomic mass is 9.79. The largest absolute Gasteiger partial charge is 0.330 e. The highest BCUT2D eigenvalue weighted by molar-refractivity contribution is 5.71. The molecule has 0 spiro atoms. The van der Waals surface area contributed by atoms with E-state index >= 15 is 0 Å². The quantitative estimate of drug-likeness (QED) is 0.881. The van der Waals surface area contributed by atoms with E-state index in [-0.39, 0.29) is 0 Å². The monoisotopic (exact) mass is 244 g/mol. The van der Waals surface area contributed by atoms with E-state index in [0.717, 1.165) is 17.7 Å². The molecule has 0 aliphatic heterocycles. The summed E-state index contributed by atoms with van der Waals surface area (Å²) in [6, 6.07) is 4.05. The van der Waals surface area contributed by atoms with Gasteiger partial charge in [0.15, 0.2) is 5.65 Å². The van der Waals surface area contributed by atoms with Gasteiger partial charge in [-0.15, -0.1) is 0 Å². The van der Waals surface area contributed by atoms with Gasteiger partial charge in [0.25, 0.3) is 0 Å². The Morgan fingerprint density at radius 1 is 1.39 bits per heavy atom. The summed E-state index contributed by atoms with van der Waals surface area (Å²) < 4.78 is 2.20. The second kappa shape index (κ2) is 4.69. The van der Waals surface area contributed by atoms with Crippen molar-refractivity contribution in [1.82, 2.24) is 14.5 Å². The average molecular weight is 244 g/mol. The number of aryl methyl sites for hydroxylation is 1. The van der Waals surface area contributed by atoms with Crippen LogP contribution in [0.5, 0.6) is 0 Å². The second-order valence-corrected chi connectivity index (χ2v) is 5.26. The summed E-state index contributed by atoms with van der Waals surface area (Å²) in [6.07, 6.45) is 6.84. The number of fused-ring (bicyclic) bond motifs is 1. The topological polar surface area (TPSA) is 56.7 Å². The van der Waals surface area contributed by atoms with Gasteiger partial charge in [-0.25, -0.2) is 9.97 Å². The van der Waals surface area contributed by atoms with Gasteiger partial charge in [-0.05, 0) is 37.4 Å². The van der Waals surface area contributed by atoms with Crippen LogP contribution in [-0.2, 0) is 7.05 Å². The number of pyridine rings is 1. The molecule has 1 aliphatic carbocycles. The number of hydrogen-bond acceptors (Lipinski definition) is 3. The first-order valence-electron chi connectivity index (χ1n) is 6.78. The fourth-order valence-corrected chi connectivity index (χ4v) is 3.20. The van der Waals surface area contributed by atoms with E-state index in [1.807, 2.05) is 6.07 Å². The summed E-state index contributed by atoms with van der Waals surface area (Å²) in [5.74, 6) is 2.25. The Labute approximate surface area is 107 Å². The average Bonchev–Trinajstić information content (AvgIpc) is 2.76. The van der Waals surface area contributed by atoms with Crippen LogP contribution >= 0.6 is 0 Å². The van der Waals surface area contributed by atoms with Gasteiger partial charge in [-0.3, -0.25) is 0 Å². The highest BCUT2D eigenvalue weighted by Gasteiger charge is 2.29. The van der Waals surface area contributed by atoms with Crippen molar-refractivity contribution in [1.29, 1.82) is 0 Å². The van der Waals surface area contributed by atoms with Crippen molar-refractivity contribution in [3.63, 3.8) is 0 Å². The van der Waals surface area contributed by atoms with Crippen LogP contribution < -0.4 is 5.73 Å². The Bertz CT molecular complexity index is 546. The Morgan fingerprint density at radius 3 is 3.00 bits per heavy atom. The van der Waals surface area contributed by atoms with Crippen LogP contribution in [0, 0.1) is 5.92 Å². The van der Waals surface area contributed by atoms with E-state index in [9.17, 15) is 0 Å². The lowest BCUT2D eigenvalue weighted by molar-refractivity contribution is 0.301. The van der Waals surface area contributed by atoms with Gasteiger partial charge in [0.05, 0.1) is 5.52 Å². The lowest BCUT2D eigenvalue weighted by Gasteiger charge is -2.30. The van der Waals surface area contributed by atoms with Crippen LogP contribution in [0.25, 0.3) is 11.2 Å². The van der Waals surface area contributed by atoms with Gasteiger partial charge in [0.2, 0.25) is 0 Å². The first-order valence-corrected chi connectivity index (χ1v) is 6.78. The Kier molecular flexibility index (Phi) is 3.04. The van der Waals surface area contributed by atoms with Crippen LogP contribution in [0.3, 0.4) is 0 Å². The van der Waals surface area contributed by atoms with E-state index < -0.39 is 0 Å². The van der Waals surface area contributed by atoms with Gasteiger partial charge in [-0.1, -0.05) is 12.8 Å². The molecule has 4 heteroatoms. The molecule has 0 saturated heterocycles. The van der Waals surface area contributed by atoms with E-state index in [2.05, 4.69) is 22.7 Å². The van der Waals surface area contributed by atoms with Crippen molar-refractivity contribution in [3.05, 3.63) is 24.2 Å². The van der Waals surface area contributed by atoms with Crippen molar-refractivity contribution in [2.24, 2.45) is 18.7 Å². The van der Waals surface area contributed by atoms with Gasteiger partial charge in [0, 0.05) is 19.2 Å². The van der Waals surface area contributed by atoms with Crippen LogP contribution in [0.2, 0.25) is 0 Å². The molecule has 0 radical (unpaired) electrons. The SMILES string of the molecule is Cn1c(C2CCCCC2CN)nc2ncccc21. The molecule has 1 fully saturated rings. The lowest BCUT2D eigenvalue weighted by Crippen LogP contribution is -2.27. The zero-order valence-electron chi connectivity index (χ0n) is 10.8. The molecule has 2 atom stereocenters. The highest BCUT2D eigenvalue weighted by atomic mass is 15.1. The molecule has 1 aliphatic rings. The van der Waals surface area contributed by atoms with Gasteiger partial charge < -0.3 is 10.3 Å².